The van der Waals surface area contributed by atoms with Crippen LogP contribution in [0, 0.1) is 17.0 Å². The van der Waals surface area contributed by atoms with Gasteiger partial charge in [-0.05, 0) is 30.7 Å². The highest BCUT2D eigenvalue weighted by Crippen LogP contribution is 2.30. The van der Waals surface area contributed by atoms with Crippen LogP contribution in [0.25, 0.3) is 0 Å². The highest BCUT2D eigenvalue weighted by atomic mass is 16.6. The molecule has 1 aromatic heterocycles. The molecule has 0 saturated heterocycles. The Morgan fingerprint density at radius 2 is 2.20 bits per heavy atom. The number of nitro groups is 1. The minimum Gasteiger partial charge on any atom is -0.478 e. The van der Waals surface area contributed by atoms with E-state index in [4.69, 9.17) is 9.84 Å². The number of benzene rings is 1. The molecule has 0 atom stereocenters. The maximum atomic E-state index is 10.9. The molecule has 0 bridgehead atoms. The zero-order valence-electron chi connectivity index (χ0n) is 10.7. The van der Waals surface area contributed by atoms with Crippen LogP contribution < -0.4 is 4.74 Å². The first-order valence-electron chi connectivity index (χ1n) is 5.58. The second-order valence-electron chi connectivity index (χ2n) is 4.13. The molecule has 0 aliphatic heterocycles. The lowest BCUT2D eigenvalue weighted by molar-refractivity contribution is -0.385. The molecule has 0 fully saturated rings. The van der Waals surface area contributed by atoms with Gasteiger partial charge < -0.3 is 9.84 Å². The predicted molar refractivity (Wildman–Crippen MR) is 68.1 cm³/mol. The molecule has 8 nitrogen and oxygen atoms in total. The lowest BCUT2D eigenvalue weighted by Crippen LogP contribution is -2.00. The number of aromatic nitrogens is 2. The number of aryl methyl sites for hydroxylation is 2. The van der Waals surface area contributed by atoms with Crippen LogP contribution in [0.3, 0.4) is 0 Å². The zero-order valence-corrected chi connectivity index (χ0v) is 10.7. The number of aromatic carboxylic acids is 1. The smallest absolute Gasteiger partial charge is 0.350 e. The molecular formula is C12H11N3O5. The molecule has 0 spiro atoms. The van der Waals surface area contributed by atoms with Crippen LogP contribution in [-0.4, -0.2) is 25.8 Å². The summed E-state index contributed by atoms with van der Waals surface area (Å²) < 4.78 is 6.61. The number of hydrogen-bond donors (Lipinski definition) is 1. The molecule has 1 heterocycles. The van der Waals surface area contributed by atoms with E-state index in [1.807, 2.05) is 0 Å². The first-order valence-corrected chi connectivity index (χ1v) is 5.58. The molecule has 2 rings (SSSR count). The summed E-state index contributed by atoms with van der Waals surface area (Å²) in [7, 11) is 1.54. The first kappa shape index (κ1) is 13.5. The lowest BCUT2D eigenvalue weighted by atomic mass is 10.1. The van der Waals surface area contributed by atoms with Crippen LogP contribution in [0.1, 0.15) is 15.9 Å². The Kier molecular flexibility index (Phi) is 3.38. The molecule has 2 aromatic rings. The van der Waals surface area contributed by atoms with Crippen LogP contribution in [-0.2, 0) is 7.05 Å². The fraction of sp³-hybridized carbons (Fsp3) is 0.167. The van der Waals surface area contributed by atoms with E-state index < -0.39 is 10.9 Å². The van der Waals surface area contributed by atoms with Gasteiger partial charge in [-0.15, -0.1) is 5.10 Å². The minimum atomic E-state index is -1.04. The van der Waals surface area contributed by atoms with Crippen LogP contribution in [0.4, 0.5) is 5.69 Å². The summed E-state index contributed by atoms with van der Waals surface area (Å²) in [5.74, 6) is -0.896. The van der Waals surface area contributed by atoms with E-state index in [0.717, 1.165) is 0 Å². The van der Waals surface area contributed by atoms with Crippen LogP contribution >= 0.6 is 0 Å². The van der Waals surface area contributed by atoms with Crippen LogP contribution in [0.5, 0.6) is 11.6 Å². The van der Waals surface area contributed by atoms with Crippen LogP contribution in [0.15, 0.2) is 24.4 Å². The number of hydrogen-bond acceptors (Lipinski definition) is 5. The number of carboxylic acid groups (broad SMARTS) is 1. The second-order valence-corrected chi connectivity index (χ2v) is 4.13. The van der Waals surface area contributed by atoms with E-state index in [-0.39, 0.29) is 22.9 Å². The van der Waals surface area contributed by atoms with Gasteiger partial charge in [0.25, 0.3) is 0 Å². The topological polar surface area (TPSA) is 107 Å². The standard InChI is InChI=1S/C12H11N3O5/c1-7-5-8(3-4-9(7)12(16)17)20-11-10(15(18)19)6-14(2)13-11/h3-6H,1-2H3,(H,16,17). The summed E-state index contributed by atoms with van der Waals surface area (Å²) in [5, 5.41) is 23.6. The number of carbonyl (C=O) groups is 1. The first-order chi connectivity index (χ1) is 9.38. The van der Waals surface area contributed by atoms with Crippen molar-refractivity contribution in [3.05, 3.63) is 45.6 Å². The SMILES string of the molecule is Cc1cc(Oc2nn(C)cc2[N+](=O)[O-])ccc1C(=O)O. The third-order valence-electron chi connectivity index (χ3n) is 2.62. The molecule has 20 heavy (non-hydrogen) atoms. The van der Waals surface area contributed by atoms with E-state index >= 15 is 0 Å². The third-order valence-corrected chi connectivity index (χ3v) is 2.62. The quantitative estimate of drug-likeness (QED) is 0.677. The molecule has 0 aliphatic carbocycles. The molecule has 0 aliphatic rings. The number of rotatable bonds is 4. The molecule has 0 radical (unpaired) electrons. The van der Waals surface area contributed by atoms with E-state index in [2.05, 4.69) is 5.10 Å². The van der Waals surface area contributed by atoms with Gasteiger partial charge in [0, 0.05) is 7.05 Å². The molecule has 1 N–H and O–H groups in total. The Morgan fingerprint density at radius 3 is 2.75 bits per heavy atom. The largest absolute Gasteiger partial charge is 0.478 e. The fourth-order valence-corrected chi connectivity index (χ4v) is 1.70. The van der Waals surface area contributed by atoms with Gasteiger partial charge in [0.15, 0.2) is 0 Å². The third kappa shape index (κ3) is 2.58. The molecule has 104 valence electrons. The zero-order chi connectivity index (χ0) is 14.9. The summed E-state index contributed by atoms with van der Waals surface area (Å²) in [6.07, 6.45) is 1.23. The monoisotopic (exact) mass is 277 g/mol. The van der Waals surface area contributed by atoms with Crippen molar-refractivity contribution in [3.8, 4) is 11.6 Å². The van der Waals surface area contributed by atoms with Gasteiger partial charge in [-0.1, -0.05) is 0 Å². The van der Waals surface area contributed by atoms with Crippen molar-refractivity contribution < 1.29 is 19.6 Å². The van der Waals surface area contributed by atoms with Crippen molar-refractivity contribution in [1.29, 1.82) is 0 Å². The summed E-state index contributed by atoms with van der Waals surface area (Å²) in [6, 6.07) is 4.29. The highest BCUT2D eigenvalue weighted by Gasteiger charge is 2.21. The van der Waals surface area contributed by atoms with Gasteiger partial charge in [0.1, 0.15) is 11.9 Å². The maximum absolute atomic E-state index is 10.9. The predicted octanol–water partition coefficient (Wildman–Crippen LogP) is 2.13. The number of carboxylic acids is 1. The fourth-order valence-electron chi connectivity index (χ4n) is 1.70. The average molecular weight is 277 g/mol. The van der Waals surface area contributed by atoms with E-state index in [1.54, 1.807) is 14.0 Å². The Balaban J connectivity index is 2.33. The minimum absolute atomic E-state index is 0.139. The Hall–Kier alpha value is -2.90. The Morgan fingerprint density at radius 1 is 1.50 bits per heavy atom. The van der Waals surface area contributed by atoms with Crippen molar-refractivity contribution in [2.24, 2.45) is 7.05 Å². The van der Waals surface area contributed by atoms with Gasteiger partial charge in [-0.2, -0.15) is 0 Å². The average Bonchev–Trinajstić information content (AvgIpc) is 2.70. The maximum Gasteiger partial charge on any atom is 0.350 e. The van der Waals surface area contributed by atoms with Gasteiger partial charge in [-0.25, -0.2) is 4.79 Å². The lowest BCUT2D eigenvalue weighted by Gasteiger charge is -2.05. The number of ether oxygens (including phenoxy) is 1. The highest BCUT2D eigenvalue weighted by molar-refractivity contribution is 5.89. The molecule has 1 aromatic carbocycles. The number of nitrogens with zero attached hydrogens (tertiary/aromatic N) is 3. The molecule has 8 heteroatoms. The summed E-state index contributed by atoms with van der Waals surface area (Å²) >= 11 is 0. The van der Waals surface area contributed by atoms with E-state index in [9.17, 15) is 14.9 Å². The molecule has 0 saturated carbocycles. The van der Waals surface area contributed by atoms with Gasteiger partial charge in [-0.3, -0.25) is 14.8 Å². The van der Waals surface area contributed by atoms with E-state index in [1.165, 1.54) is 29.1 Å². The molecular weight excluding hydrogens is 266 g/mol. The summed E-state index contributed by atoms with van der Waals surface area (Å²) in [4.78, 5) is 21.1. The van der Waals surface area contributed by atoms with Crippen molar-refractivity contribution in [1.82, 2.24) is 9.78 Å². The summed E-state index contributed by atoms with van der Waals surface area (Å²) in [6.45, 7) is 1.61. The van der Waals surface area contributed by atoms with Crippen LogP contribution in [0.2, 0.25) is 0 Å². The van der Waals surface area contributed by atoms with Crippen molar-refractivity contribution in [2.45, 2.75) is 6.92 Å². The van der Waals surface area contributed by atoms with Gasteiger partial charge in [0.2, 0.25) is 0 Å². The van der Waals surface area contributed by atoms with E-state index in [0.29, 0.717) is 5.56 Å². The van der Waals surface area contributed by atoms with Gasteiger partial charge >= 0.3 is 17.5 Å². The van der Waals surface area contributed by atoms with Gasteiger partial charge in [0.05, 0.1) is 10.5 Å². The van der Waals surface area contributed by atoms with Crippen molar-refractivity contribution in [3.63, 3.8) is 0 Å². The molecule has 0 unspecified atom stereocenters. The Labute approximate surface area is 113 Å². The second kappa shape index (κ2) is 5.00. The molecule has 0 amide bonds. The van der Waals surface area contributed by atoms with Crippen molar-refractivity contribution >= 4 is 11.7 Å². The van der Waals surface area contributed by atoms with Crippen molar-refractivity contribution in [2.75, 3.05) is 0 Å². The Bertz CT molecular complexity index is 692. The summed E-state index contributed by atoms with van der Waals surface area (Å²) in [5.41, 5.74) is 0.383. The normalized spacial score (nSPS) is 10.3.